The van der Waals surface area contributed by atoms with Gasteiger partial charge in [0.25, 0.3) is 0 Å². The largest absolute Gasteiger partial charge is 0.370 e. The quantitative estimate of drug-likeness (QED) is 0.418. The molecule has 1 unspecified atom stereocenters. The molecule has 0 spiro atoms. The van der Waals surface area contributed by atoms with Gasteiger partial charge in [0.1, 0.15) is 0 Å². The maximum absolute atomic E-state index is 11.7. The molecule has 2 rings (SSSR count). The summed E-state index contributed by atoms with van der Waals surface area (Å²) in [6.07, 6.45) is 6.48. The lowest BCUT2D eigenvalue weighted by Crippen LogP contribution is -2.45. The van der Waals surface area contributed by atoms with Crippen molar-refractivity contribution in [1.82, 2.24) is 9.21 Å². The van der Waals surface area contributed by atoms with Crippen LogP contribution in [-0.2, 0) is 10.0 Å². The van der Waals surface area contributed by atoms with Crippen molar-refractivity contribution in [1.29, 1.82) is 0 Å². The minimum Gasteiger partial charge on any atom is -0.370 e. The first kappa shape index (κ1) is 18.0. The summed E-state index contributed by atoms with van der Waals surface area (Å²) in [5.74, 6) is 0.529. The van der Waals surface area contributed by atoms with Crippen molar-refractivity contribution in [2.75, 3.05) is 26.4 Å². The molecule has 1 aliphatic heterocycles. The molecule has 0 aromatic rings. The smallest absolute Gasteiger partial charge is 0.211 e. The Morgan fingerprint density at radius 2 is 2.00 bits per heavy atom. The summed E-state index contributed by atoms with van der Waals surface area (Å²) in [6.45, 7) is 1.08. The molecule has 0 aromatic carbocycles. The molecule has 2 N–H and O–H groups in total. The molecule has 0 radical (unpaired) electrons. The monoisotopic (exact) mass is 416 g/mol. The third-order valence-electron chi connectivity index (χ3n) is 3.92. The van der Waals surface area contributed by atoms with Crippen molar-refractivity contribution < 1.29 is 8.42 Å². The third-order valence-corrected chi connectivity index (χ3v) is 5.25. The first-order valence-electron chi connectivity index (χ1n) is 6.89. The van der Waals surface area contributed by atoms with Crippen molar-refractivity contribution in [3.63, 3.8) is 0 Å². The molecule has 2 fully saturated rings. The lowest BCUT2D eigenvalue weighted by Gasteiger charge is -2.32. The van der Waals surface area contributed by atoms with Crippen LogP contribution in [0.5, 0.6) is 0 Å². The predicted molar refractivity (Wildman–Crippen MR) is 91.9 cm³/mol. The fraction of sp³-hybridized carbons (Fsp3) is 0.917. The SMILES string of the molecule is CN(C(N)=NCC1CCCCN1S(C)(=O)=O)C1CC1.I. The van der Waals surface area contributed by atoms with E-state index in [2.05, 4.69) is 4.99 Å². The fourth-order valence-corrected chi connectivity index (χ4v) is 3.73. The van der Waals surface area contributed by atoms with E-state index in [-0.39, 0.29) is 30.0 Å². The molecule has 1 atom stereocenters. The van der Waals surface area contributed by atoms with E-state index in [0.29, 0.717) is 25.1 Å². The summed E-state index contributed by atoms with van der Waals surface area (Å²) in [6, 6.07) is 0.496. The zero-order valence-corrected chi connectivity index (χ0v) is 15.3. The molecule has 1 saturated heterocycles. The zero-order chi connectivity index (χ0) is 14.0. The third kappa shape index (κ3) is 4.73. The molecule has 0 amide bonds. The van der Waals surface area contributed by atoms with Gasteiger partial charge in [-0.25, -0.2) is 8.42 Å². The Hall–Kier alpha value is -0.0900. The highest BCUT2D eigenvalue weighted by Gasteiger charge is 2.30. The molecule has 2 aliphatic rings. The highest BCUT2D eigenvalue weighted by atomic mass is 127. The lowest BCUT2D eigenvalue weighted by atomic mass is 10.1. The summed E-state index contributed by atoms with van der Waals surface area (Å²) in [7, 11) is -1.19. The summed E-state index contributed by atoms with van der Waals surface area (Å²) in [5, 5.41) is 0. The Morgan fingerprint density at radius 3 is 2.55 bits per heavy atom. The van der Waals surface area contributed by atoms with Crippen molar-refractivity contribution in [3.05, 3.63) is 0 Å². The van der Waals surface area contributed by atoms with E-state index < -0.39 is 10.0 Å². The fourth-order valence-electron chi connectivity index (χ4n) is 2.55. The second-order valence-corrected chi connectivity index (χ2v) is 7.50. The summed E-state index contributed by atoms with van der Waals surface area (Å²) < 4.78 is 25.0. The van der Waals surface area contributed by atoms with Crippen LogP contribution in [0.2, 0.25) is 0 Å². The van der Waals surface area contributed by atoms with Crippen LogP contribution in [0, 0.1) is 0 Å². The molecular formula is C12H25IN4O2S. The number of aliphatic imine (C=N–C) groups is 1. The number of nitrogens with two attached hydrogens (primary N) is 1. The molecule has 8 heteroatoms. The van der Waals surface area contributed by atoms with Crippen LogP contribution in [-0.4, -0.2) is 62.1 Å². The van der Waals surface area contributed by atoms with Gasteiger partial charge in [-0.1, -0.05) is 6.42 Å². The predicted octanol–water partition coefficient (Wildman–Crippen LogP) is 0.827. The number of nitrogens with zero attached hydrogens (tertiary/aromatic N) is 3. The number of rotatable bonds is 4. The Morgan fingerprint density at radius 1 is 1.35 bits per heavy atom. The van der Waals surface area contributed by atoms with Gasteiger partial charge in [0.05, 0.1) is 12.8 Å². The maximum Gasteiger partial charge on any atom is 0.211 e. The number of hydrogen-bond acceptors (Lipinski definition) is 3. The van der Waals surface area contributed by atoms with E-state index in [0.717, 1.165) is 19.3 Å². The van der Waals surface area contributed by atoms with E-state index in [1.165, 1.54) is 19.1 Å². The van der Waals surface area contributed by atoms with E-state index >= 15 is 0 Å². The van der Waals surface area contributed by atoms with Gasteiger partial charge in [0.2, 0.25) is 10.0 Å². The van der Waals surface area contributed by atoms with Crippen molar-refractivity contribution >= 4 is 40.0 Å². The molecule has 0 bridgehead atoms. The number of hydrogen-bond donors (Lipinski definition) is 1. The van der Waals surface area contributed by atoms with E-state index in [1.54, 1.807) is 4.31 Å². The van der Waals surface area contributed by atoms with Gasteiger partial charge in [0.15, 0.2) is 5.96 Å². The minimum atomic E-state index is -3.14. The number of piperidine rings is 1. The van der Waals surface area contributed by atoms with Gasteiger partial charge in [-0.3, -0.25) is 4.99 Å². The average Bonchev–Trinajstić information content (AvgIpc) is 3.18. The normalized spacial score (nSPS) is 25.1. The standard InChI is InChI=1S/C12H24N4O2S.HI/c1-15(10-6-7-10)12(13)14-9-11-5-3-4-8-16(11)19(2,17)18;/h10-11H,3-9H2,1-2H3,(H2,13,14);1H. The highest BCUT2D eigenvalue weighted by Crippen LogP contribution is 2.25. The number of guanidine groups is 1. The summed E-state index contributed by atoms with van der Waals surface area (Å²) >= 11 is 0. The van der Waals surface area contributed by atoms with Crippen LogP contribution in [0.15, 0.2) is 4.99 Å². The van der Waals surface area contributed by atoms with Crippen molar-refractivity contribution in [2.45, 2.75) is 44.2 Å². The minimum absolute atomic E-state index is 0. The number of sulfonamides is 1. The second-order valence-electron chi connectivity index (χ2n) is 5.56. The topological polar surface area (TPSA) is 79.0 Å². The van der Waals surface area contributed by atoms with Crippen molar-refractivity contribution in [2.24, 2.45) is 10.7 Å². The molecule has 1 saturated carbocycles. The lowest BCUT2D eigenvalue weighted by molar-refractivity contribution is 0.259. The highest BCUT2D eigenvalue weighted by molar-refractivity contribution is 14.0. The van der Waals surface area contributed by atoms with Crippen molar-refractivity contribution in [3.8, 4) is 0 Å². The molecule has 6 nitrogen and oxygen atoms in total. The van der Waals surface area contributed by atoms with Crippen LogP contribution in [0.3, 0.4) is 0 Å². The first-order valence-corrected chi connectivity index (χ1v) is 8.74. The second kappa shape index (κ2) is 7.26. The maximum atomic E-state index is 11.7. The molecule has 118 valence electrons. The van der Waals surface area contributed by atoms with Gasteiger partial charge < -0.3 is 10.6 Å². The van der Waals surface area contributed by atoms with Gasteiger partial charge in [-0.05, 0) is 25.7 Å². The van der Waals surface area contributed by atoms with Gasteiger partial charge in [-0.2, -0.15) is 4.31 Å². The Balaban J connectivity index is 0.00000200. The Labute approximate surface area is 138 Å². The van der Waals surface area contributed by atoms with Crippen LogP contribution in [0.25, 0.3) is 0 Å². The van der Waals surface area contributed by atoms with Gasteiger partial charge in [0, 0.05) is 25.7 Å². The molecule has 1 heterocycles. The first-order chi connectivity index (χ1) is 8.89. The molecule has 0 aromatic heterocycles. The summed E-state index contributed by atoms with van der Waals surface area (Å²) in [5.41, 5.74) is 5.94. The molecular weight excluding hydrogens is 391 g/mol. The van der Waals surface area contributed by atoms with Crippen LogP contribution >= 0.6 is 24.0 Å². The van der Waals surface area contributed by atoms with Gasteiger partial charge in [-0.15, -0.1) is 24.0 Å². The van der Waals surface area contributed by atoms with E-state index in [9.17, 15) is 8.42 Å². The van der Waals surface area contributed by atoms with E-state index in [4.69, 9.17) is 5.73 Å². The van der Waals surface area contributed by atoms with Gasteiger partial charge >= 0.3 is 0 Å². The number of halogens is 1. The Bertz CT molecular complexity index is 450. The molecule has 20 heavy (non-hydrogen) atoms. The van der Waals surface area contributed by atoms with Crippen LogP contribution in [0.4, 0.5) is 0 Å². The average molecular weight is 416 g/mol. The van der Waals surface area contributed by atoms with Crippen LogP contribution in [0.1, 0.15) is 32.1 Å². The van der Waals surface area contributed by atoms with Crippen LogP contribution < -0.4 is 5.73 Å². The molecule has 1 aliphatic carbocycles. The zero-order valence-electron chi connectivity index (χ0n) is 12.2. The Kier molecular flexibility index (Phi) is 6.52. The summed E-state index contributed by atoms with van der Waals surface area (Å²) in [4.78, 5) is 6.38. The van der Waals surface area contributed by atoms with E-state index in [1.807, 2.05) is 11.9 Å².